The molecule has 0 aliphatic rings. The van der Waals surface area contributed by atoms with E-state index in [1.54, 1.807) is 0 Å². The van der Waals surface area contributed by atoms with Gasteiger partial charge in [0.25, 0.3) is 0 Å². The lowest BCUT2D eigenvalue weighted by Gasteiger charge is -2.28. The summed E-state index contributed by atoms with van der Waals surface area (Å²) < 4.78 is 0. The van der Waals surface area contributed by atoms with Crippen molar-refractivity contribution < 1.29 is 0 Å². The number of hydrogen-bond donors (Lipinski definition) is 0. The van der Waals surface area contributed by atoms with Crippen LogP contribution in [0.4, 0.5) is 34.1 Å². The molecule has 7 rings (SSSR count). The Morgan fingerprint density at radius 1 is 0.352 bits per heavy atom. The lowest BCUT2D eigenvalue weighted by molar-refractivity contribution is 0.795. The molecule has 2 nitrogen and oxygen atoms in total. The highest BCUT2D eigenvalue weighted by Gasteiger charge is 2.18. The van der Waals surface area contributed by atoms with Crippen LogP contribution in [0, 0.1) is 13.8 Å². The van der Waals surface area contributed by atoms with Gasteiger partial charge in [0.2, 0.25) is 0 Å². The molecule has 0 aliphatic carbocycles. The van der Waals surface area contributed by atoms with Gasteiger partial charge in [-0.15, -0.1) is 0 Å². The molecule has 270 valence electrons. The van der Waals surface area contributed by atoms with Crippen molar-refractivity contribution in [2.75, 3.05) is 9.80 Å². The van der Waals surface area contributed by atoms with Crippen LogP contribution in [-0.4, -0.2) is 0 Å². The molecule has 0 saturated heterocycles. The average Bonchev–Trinajstić information content (AvgIpc) is 3.21. The summed E-state index contributed by atoms with van der Waals surface area (Å²) in [5.41, 5.74) is 17.3. The Morgan fingerprint density at radius 2 is 0.704 bits per heavy atom. The lowest BCUT2D eigenvalue weighted by Crippen LogP contribution is -2.12. The van der Waals surface area contributed by atoms with Gasteiger partial charge in [0.1, 0.15) is 0 Å². The van der Waals surface area contributed by atoms with E-state index in [0.717, 1.165) is 24.2 Å². The molecule has 0 unspecified atom stereocenters. The minimum Gasteiger partial charge on any atom is -0.310 e. The molecule has 0 aromatic heterocycles. The Bertz CT molecular complexity index is 2100. The Labute approximate surface area is 323 Å². The summed E-state index contributed by atoms with van der Waals surface area (Å²) in [5, 5.41) is 0. The zero-order valence-electron chi connectivity index (χ0n) is 32.3. The minimum absolute atomic E-state index is 1.07. The number of benzene rings is 7. The monoisotopic (exact) mass is 704 g/mol. The number of nitrogens with zero attached hydrogens (tertiary/aromatic N) is 2. The molecule has 7 aromatic rings. The summed E-state index contributed by atoms with van der Waals surface area (Å²) >= 11 is 0. The van der Waals surface area contributed by atoms with Crippen LogP contribution in [0.25, 0.3) is 22.3 Å². The van der Waals surface area contributed by atoms with Crippen LogP contribution >= 0.6 is 0 Å². The Balaban J connectivity index is 1.15. The molecule has 7 aromatic carbocycles. The molecule has 54 heavy (non-hydrogen) atoms. The van der Waals surface area contributed by atoms with E-state index in [-0.39, 0.29) is 0 Å². The maximum Gasteiger partial charge on any atom is 0.0493 e. The second kappa shape index (κ2) is 17.3. The van der Waals surface area contributed by atoms with E-state index in [9.17, 15) is 0 Å². The molecule has 0 fully saturated rings. The Morgan fingerprint density at radius 3 is 1.06 bits per heavy atom. The van der Waals surface area contributed by atoms with E-state index in [1.807, 2.05) is 0 Å². The van der Waals surface area contributed by atoms with E-state index < -0.39 is 0 Å². The number of aryl methyl sites for hydroxylation is 4. The average molecular weight is 705 g/mol. The molecule has 0 amide bonds. The van der Waals surface area contributed by atoms with Crippen molar-refractivity contribution >= 4 is 34.1 Å². The highest BCUT2D eigenvalue weighted by molar-refractivity contribution is 5.82. The summed E-state index contributed by atoms with van der Waals surface area (Å²) in [6.07, 6.45) is 6.85. The fourth-order valence-electron chi connectivity index (χ4n) is 7.46. The van der Waals surface area contributed by atoms with E-state index in [2.05, 4.69) is 207 Å². The van der Waals surface area contributed by atoms with Crippen LogP contribution in [0.2, 0.25) is 0 Å². The van der Waals surface area contributed by atoms with Gasteiger partial charge >= 0.3 is 0 Å². The first-order chi connectivity index (χ1) is 26.5. The van der Waals surface area contributed by atoms with Gasteiger partial charge in [0.05, 0.1) is 0 Å². The molecule has 0 radical (unpaired) electrons. The first kappa shape index (κ1) is 36.5. The highest BCUT2D eigenvalue weighted by Crippen LogP contribution is 2.40. The van der Waals surface area contributed by atoms with Crippen molar-refractivity contribution in [1.29, 1.82) is 0 Å². The summed E-state index contributed by atoms with van der Waals surface area (Å²) in [6.45, 7) is 8.86. The number of para-hydroxylation sites is 2. The second-order valence-electron chi connectivity index (χ2n) is 14.5. The maximum absolute atomic E-state index is 2.42. The maximum atomic E-state index is 2.42. The fraction of sp³-hybridized carbons (Fsp3) is 0.192. The number of rotatable bonds is 14. The standard InChI is InChI=1S/C52H52N2/c1-5-7-17-45-19-9-11-23-51(45)53(49-21-13-15-39(3)37-49)47-33-29-43(30-34-47)41-25-27-42(28-26-41)44-31-35-48(36-32-44)54(50-22-14-16-40(4)38-50)52-24-12-10-20-46(52)18-8-6-2/h9-16,19-38H,5-8,17-18H2,1-4H3. The third-order valence-corrected chi connectivity index (χ3v) is 10.4. The van der Waals surface area contributed by atoms with Gasteiger partial charge in [-0.3, -0.25) is 0 Å². The van der Waals surface area contributed by atoms with Gasteiger partial charge in [0.15, 0.2) is 0 Å². The van der Waals surface area contributed by atoms with Crippen molar-refractivity contribution in [1.82, 2.24) is 0 Å². The molecule has 0 bridgehead atoms. The first-order valence-electron chi connectivity index (χ1n) is 19.7. The van der Waals surface area contributed by atoms with Crippen LogP contribution in [0.15, 0.2) is 170 Å². The van der Waals surface area contributed by atoms with Crippen LogP contribution < -0.4 is 9.80 Å². The lowest BCUT2D eigenvalue weighted by atomic mass is 9.99. The predicted octanol–water partition coefficient (Wildman–Crippen LogP) is 15.3. The van der Waals surface area contributed by atoms with Crippen molar-refractivity contribution in [2.45, 2.75) is 66.2 Å². The highest BCUT2D eigenvalue weighted by atomic mass is 15.1. The third-order valence-electron chi connectivity index (χ3n) is 10.4. The molecule has 0 atom stereocenters. The number of hydrogen-bond acceptors (Lipinski definition) is 2. The van der Waals surface area contributed by atoms with Crippen molar-refractivity contribution in [3.05, 3.63) is 192 Å². The normalized spacial score (nSPS) is 11.0. The zero-order valence-corrected chi connectivity index (χ0v) is 32.3. The summed E-state index contributed by atoms with van der Waals surface area (Å²) in [5.74, 6) is 0. The van der Waals surface area contributed by atoms with Gasteiger partial charge in [-0.1, -0.05) is 136 Å². The molecular formula is C52H52N2. The van der Waals surface area contributed by atoms with Crippen LogP contribution in [0.1, 0.15) is 61.8 Å². The van der Waals surface area contributed by atoms with Crippen LogP contribution in [-0.2, 0) is 12.8 Å². The topological polar surface area (TPSA) is 6.48 Å². The van der Waals surface area contributed by atoms with E-state index in [1.165, 1.54) is 92.9 Å². The molecule has 0 heterocycles. The summed E-state index contributed by atoms with van der Waals surface area (Å²) in [7, 11) is 0. The largest absolute Gasteiger partial charge is 0.310 e. The van der Waals surface area contributed by atoms with Crippen LogP contribution in [0.5, 0.6) is 0 Å². The van der Waals surface area contributed by atoms with Gasteiger partial charge in [-0.2, -0.15) is 0 Å². The third kappa shape index (κ3) is 8.35. The zero-order chi connectivity index (χ0) is 37.3. The van der Waals surface area contributed by atoms with E-state index in [4.69, 9.17) is 0 Å². The minimum atomic E-state index is 1.07. The number of anilines is 6. The van der Waals surface area contributed by atoms with Gasteiger partial charge in [-0.25, -0.2) is 0 Å². The quantitative estimate of drug-likeness (QED) is 0.111. The second-order valence-corrected chi connectivity index (χ2v) is 14.5. The van der Waals surface area contributed by atoms with Gasteiger partial charge in [-0.05, 0) is 145 Å². The number of unbranched alkanes of at least 4 members (excludes halogenated alkanes) is 2. The Hall–Kier alpha value is -5.86. The first-order valence-corrected chi connectivity index (χ1v) is 19.7. The van der Waals surface area contributed by atoms with E-state index in [0.29, 0.717) is 0 Å². The smallest absolute Gasteiger partial charge is 0.0493 e. The molecule has 0 spiro atoms. The summed E-state index contributed by atoms with van der Waals surface area (Å²) in [6, 6.07) is 62.5. The molecule has 0 saturated carbocycles. The van der Waals surface area contributed by atoms with Gasteiger partial charge in [0, 0.05) is 34.1 Å². The molecular weight excluding hydrogens is 653 g/mol. The predicted molar refractivity (Wildman–Crippen MR) is 233 cm³/mol. The SMILES string of the molecule is CCCCc1ccccc1N(c1ccc(-c2ccc(-c3ccc(N(c4cccc(C)c4)c4ccccc4CCCC)cc3)cc2)cc1)c1cccc(C)c1. The van der Waals surface area contributed by atoms with Crippen molar-refractivity contribution in [3.8, 4) is 22.3 Å². The summed E-state index contributed by atoms with van der Waals surface area (Å²) in [4.78, 5) is 4.83. The fourth-order valence-corrected chi connectivity index (χ4v) is 7.46. The molecule has 2 heteroatoms. The van der Waals surface area contributed by atoms with E-state index >= 15 is 0 Å². The van der Waals surface area contributed by atoms with Crippen molar-refractivity contribution in [2.24, 2.45) is 0 Å². The Kier molecular flexibility index (Phi) is 11.7. The van der Waals surface area contributed by atoms with Crippen molar-refractivity contribution in [3.63, 3.8) is 0 Å². The van der Waals surface area contributed by atoms with Gasteiger partial charge < -0.3 is 9.80 Å². The van der Waals surface area contributed by atoms with Crippen LogP contribution in [0.3, 0.4) is 0 Å². The molecule has 0 N–H and O–H groups in total. The molecule has 0 aliphatic heterocycles.